The third kappa shape index (κ3) is 6.73. The highest BCUT2D eigenvalue weighted by Crippen LogP contribution is 1.90. The Bertz CT molecular complexity index is 414. The number of hydrogen-bond donors (Lipinski definition) is 2. The molecular formula is C11H22N4O2S. The summed E-state index contributed by atoms with van der Waals surface area (Å²) in [5.74, 6) is 0.159. The Labute approximate surface area is 109 Å². The molecule has 6 nitrogen and oxygen atoms in total. The molecule has 2 N–H and O–H groups in total. The van der Waals surface area contributed by atoms with Gasteiger partial charge in [0.25, 0.3) is 0 Å². The molecule has 18 heavy (non-hydrogen) atoms. The van der Waals surface area contributed by atoms with Gasteiger partial charge in [-0.3, -0.25) is 4.68 Å². The fourth-order valence-electron chi connectivity index (χ4n) is 1.47. The molecule has 7 heteroatoms. The van der Waals surface area contributed by atoms with E-state index in [0.717, 1.165) is 6.54 Å². The summed E-state index contributed by atoms with van der Waals surface area (Å²) in [5.41, 5.74) is 0. The van der Waals surface area contributed by atoms with Crippen LogP contribution in [-0.2, 0) is 16.6 Å². The molecular weight excluding hydrogens is 252 g/mol. The summed E-state index contributed by atoms with van der Waals surface area (Å²) >= 11 is 0. The second-order valence-corrected chi connectivity index (χ2v) is 6.37. The Morgan fingerprint density at radius 1 is 1.33 bits per heavy atom. The van der Waals surface area contributed by atoms with Gasteiger partial charge < -0.3 is 5.32 Å². The molecule has 104 valence electrons. The fraction of sp³-hybridized carbons (Fsp3) is 0.727. The van der Waals surface area contributed by atoms with E-state index >= 15 is 0 Å². The average Bonchev–Trinajstić information content (AvgIpc) is 2.77. The van der Waals surface area contributed by atoms with E-state index in [2.05, 4.69) is 15.1 Å². The smallest absolute Gasteiger partial charge is 0.211 e. The first kappa shape index (κ1) is 15.1. The van der Waals surface area contributed by atoms with E-state index in [1.54, 1.807) is 17.1 Å². The van der Waals surface area contributed by atoms with Crippen LogP contribution in [0.4, 0.5) is 0 Å². The standard InChI is InChI=1S/C11H22N4O2S/c1-11(2)12-5-4-10-18(16,17)14-7-9-15-8-3-6-13-15/h3,6,8,11-12,14H,4-5,7,9-10H2,1-2H3. The van der Waals surface area contributed by atoms with Crippen molar-refractivity contribution < 1.29 is 8.42 Å². The minimum Gasteiger partial charge on any atom is -0.314 e. The van der Waals surface area contributed by atoms with Crippen molar-refractivity contribution in [1.29, 1.82) is 0 Å². The molecule has 0 unspecified atom stereocenters. The molecule has 0 fully saturated rings. The third-order valence-electron chi connectivity index (χ3n) is 2.36. The number of hydrogen-bond acceptors (Lipinski definition) is 4. The molecule has 0 aliphatic heterocycles. The molecule has 1 rings (SSSR count). The van der Waals surface area contributed by atoms with E-state index in [0.29, 0.717) is 25.6 Å². The van der Waals surface area contributed by atoms with Crippen LogP contribution in [0.15, 0.2) is 18.5 Å². The highest BCUT2D eigenvalue weighted by Gasteiger charge is 2.08. The maximum Gasteiger partial charge on any atom is 0.211 e. The van der Waals surface area contributed by atoms with Gasteiger partial charge in [-0.1, -0.05) is 13.8 Å². The van der Waals surface area contributed by atoms with E-state index in [9.17, 15) is 8.42 Å². The molecule has 0 saturated heterocycles. The highest BCUT2D eigenvalue weighted by atomic mass is 32.2. The van der Waals surface area contributed by atoms with Crippen molar-refractivity contribution in [2.24, 2.45) is 0 Å². The molecule has 0 saturated carbocycles. The summed E-state index contributed by atoms with van der Waals surface area (Å²) in [6.07, 6.45) is 4.10. The monoisotopic (exact) mass is 274 g/mol. The minimum atomic E-state index is -3.16. The van der Waals surface area contributed by atoms with Gasteiger partial charge in [0.15, 0.2) is 0 Å². The van der Waals surface area contributed by atoms with Gasteiger partial charge in [-0.25, -0.2) is 13.1 Å². The average molecular weight is 274 g/mol. The normalized spacial score (nSPS) is 12.2. The van der Waals surface area contributed by atoms with Gasteiger partial charge in [0, 0.05) is 25.0 Å². The van der Waals surface area contributed by atoms with E-state index in [1.165, 1.54) is 0 Å². The summed E-state index contributed by atoms with van der Waals surface area (Å²) in [6.45, 7) is 5.73. The van der Waals surface area contributed by atoms with Gasteiger partial charge in [0.1, 0.15) is 0 Å². The van der Waals surface area contributed by atoms with E-state index in [-0.39, 0.29) is 5.75 Å². The maximum absolute atomic E-state index is 11.6. The van der Waals surface area contributed by atoms with Gasteiger partial charge >= 0.3 is 0 Å². The molecule has 1 aromatic rings. The number of aromatic nitrogens is 2. The summed E-state index contributed by atoms with van der Waals surface area (Å²) in [6, 6.07) is 2.20. The molecule has 0 spiro atoms. The van der Waals surface area contributed by atoms with Crippen molar-refractivity contribution in [3.63, 3.8) is 0 Å². The first-order chi connectivity index (χ1) is 8.49. The van der Waals surface area contributed by atoms with Crippen LogP contribution in [0.3, 0.4) is 0 Å². The number of rotatable bonds is 9. The van der Waals surface area contributed by atoms with Gasteiger partial charge in [0.2, 0.25) is 10.0 Å². The number of sulfonamides is 1. The Morgan fingerprint density at radius 3 is 2.72 bits per heavy atom. The molecule has 0 amide bonds. The van der Waals surface area contributed by atoms with Crippen molar-refractivity contribution in [2.45, 2.75) is 32.9 Å². The molecule has 0 aliphatic rings. The Balaban J connectivity index is 2.15. The number of nitrogens with zero attached hydrogens (tertiary/aromatic N) is 2. The topological polar surface area (TPSA) is 76.0 Å². The van der Waals surface area contributed by atoms with E-state index in [4.69, 9.17) is 0 Å². The SMILES string of the molecule is CC(C)NCCCS(=O)(=O)NCCn1cccn1. The van der Waals surface area contributed by atoms with Crippen LogP contribution in [0.5, 0.6) is 0 Å². The molecule has 0 atom stereocenters. The Kier molecular flexibility index (Phi) is 6.31. The van der Waals surface area contributed by atoms with Gasteiger partial charge in [-0.15, -0.1) is 0 Å². The van der Waals surface area contributed by atoms with Crippen LogP contribution in [0.1, 0.15) is 20.3 Å². The first-order valence-corrected chi connectivity index (χ1v) is 7.83. The third-order valence-corrected chi connectivity index (χ3v) is 3.83. The van der Waals surface area contributed by atoms with Crippen molar-refractivity contribution in [1.82, 2.24) is 19.8 Å². The molecule has 0 bridgehead atoms. The molecule has 0 aliphatic carbocycles. The zero-order valence-corrected chi connectivity index (χ0v) is 11.8. The highest BCUT2D eigenvalue weighted by molar-refractivity contribution is 7.89. The lowest BCUT2D eigenvalue weighted by Crippen LogP contribution is -2.32. The second kappa shape index (κ2) is 7.50. The van der Waals surface area contributed by atoms with Gasteiger partial charge in [-0.05, 0) is 19.0 Å². The quantitative estimate of drug-likeness (QED) is 0.630. The fourth-order valence-corrected chi connectivity index (χ4v) is 2.54. The molecule has 1 heterocycles. The van der Waals surface area contributed by atoms with Crippen molar-refractivity contribution in [3.8, 4) is 0 Å². The summed E-state index contributed by atoms with van der Waals surface area (Å²) in [5, 5.41) is 7.19. The maximum atomic E-state index is 11.6. The summed E-state index contributed by atoms with van der Waals surface area (Å²) in [4.78, 5) is 0. The van der Waals surface area contributed by atoms with Crippen molar-refractivity contribution in [3.05, 3.63) is 18.5 Å². The number of nitrogens with one attached hydrogen (secondary N) is 2. The van der Waals surface area contributed by atoms with Crippen LogP contribution in [0.2, 0.25) is 0 Å². The molecule has 0 radical (unpaired) electrons. The van der Waals surface area contributed by atoms with E-state index < -0.39 is 10.0 Å². The largest absolute Gasteiger partial charge is 0.314 e. The van der Waals surface area contributed by atoms with Crippen molar-refractivity contribution in [2.75, 3.05) is 18.8 Å². The van der Waals surface area contributed by atoms with Crippen LogP contribution in [0.25, 0.3) is 0 Å². The zero-order valence-electron chi connectivity index (χ0n) is 11.0. The summed E-state index contributed by atoms with van der Waals surface area (Å²) < 4.78 is 27.5. The minimum absolute atomic E-state index is 0.159. The second-order valence-electron chi connectivity index (χ2n) is 4.44. The van der Waals surface area contributed by atoms with Crippen LogP contribution >= 0.6 is 0 Å². The lowest BCUT2D eigenvalue weighted by Gasteiger charge is -2.09. The van der Waals surface area contributed by atoms with Crippen LogP contribution in [-0.4, -0.2) is 43.1 Å². The Morgan fingerprint density at radius 2 is 2.11 bits per heavy atom. The first-order valence-electron chi connectivity index (χ1n) is 6.18. The predicted molar refractivity (Wildman–Crippen MR) is 71.8 cm³/mol. The van der Waals surface area contributed by atoms with Crippen LogP contribution in [0, 0.1) is 0 Å². The lowest BCUT2D eigenvalue weighted by molar-refractivity contribution is 0.549. The van der Waals surface area contributed by atoms with Crippen LogP contribution < -0.4 is 10.0 Å². The molecule has 0 aromatic carbocycles. The Hall–Kier alpha value is -0.920. The van der Waals surface area contributed by atoms with Gasteiger partial charge in [0.05, 0.1) is 12.3 Å². The summed E-state index contributed by atoms with van der Waals surface area (Å²) in [7, 11) is -3.16. The predicted octanol–water partition coefficient (Wildman–Crippen LogP) is 0.191. The lowest BCUT2D eigenvalue weighted by atomic mass is 10.4. The van der Waals surface area contributed by atoms with Crippen molar-refractivity contribution >= 4 is 10.0 Å². The van der Waals surface area contributed by atoms with E-state index in [1.807, 2.05) is 19.9 Å². The van der Waals surface area contributed by atoms with Gasteiger partial charge in [-0.2, -0.15) is 5.10 Å². The molecule has 1 aromatic heterocycles. The zero-order chi connectivity index (χ0) is 13.4.